The van der Waals surface area contributed by atoms with Crippen LogP contribution in [0.15, 0.2) is 26.4 Å². The molecule has 5 nitrogen and oxygen atoms in total. The van der Waals surface area contributed by atoms with Gasteiger partial charge in [-0.25, -0.2) is 9.20 Å². The SMILES string of the molecule is COc1cc2c(cc1OC)S(=O)(C(C)C)=NC(C)=N2.Cl. The quantitative estimate of drug-likeness (QED) is 0.858. The lowest BCUT2D eigenvalue weighted by Gasteiger charge is -2.21. The van der Waals surface area contributed by atoms with Gasteiger partial charge in [0.15, 0.2) is 11.5 Å². The lowest BCUT2D eigenvalue weighted by Crippen LogP contribution is -2.18. The smallest absolute Gasteiger partial charge is 0.162 e. The van der Waals surface area contributed by atoms with Crippen molar-refractivity contribution in [1.29, 1.82) is 0 Å². The molecule has 1 aromatic rings. The molecule has 0 saturated heterocycles. The fourth-order valence-corrected chi connectivity index (χ4v) is 3.90. The Morgan fingerprint density at radius 3 is 2.20 bits per heavy atom. The number of aliphatic imine (C=N–C) groups is 1. The maximum absolute atomic E-state index is 13.1. The van der Waals surface area contributed by atoms with E-state index in [9.17, 15) is 4.21 Å². The average molecular weight is 319 g/mol. The first kappa shape index (κ1) is 16.8. The molecule has 1 aliphatic heterocycles. The number of nitrogens with zero attached hydrogens (tertiary/aromatic N) is 2. The predicted octanol–water partition coefficient (Wildman–Crippen LogP) is 3.42. The number of benzene rings is 1. The maximum atomic E-state index is 13.1. The van der Waals surface area contributed by atoms with Gasteiger partial charge < -0.3 is 9.47 Å². The number of ether oxygens (including phenoxy) is 2. The van der Waals surface area contributed by atoms with Crippen molar-refractivity contribution in [3.05, 3.63) is 12.1 Å². The molecule has 1 unspecified atom stereocenters. The van der Waals surface area contributed by atoms with Gasteiger partial charge in [0, 0.05) is 17.4 Å². The van der Waals surface area contributed by atoms with Crippen molar-refractivity contribution in [2.45, 2.75) is 30.9 Å². The molecule has 0 aromatic heterocycles. The third-order valence-corrected chi connectivity index (χ3v) is 5.74. The highest BCUT2D eigenvalue weighted by molar-refractivity contribution is 7.94. The summed E-state index contributed by atoms with van der Waals surface area (Å²) in [4.78, 5) is 4.96. The van der Waals surface area contributed by atoms with E-state index < -0.39 is 9.73 Å². The Morgan fingerprint density at radius 2 is 1.70 bits per heavy atom. The molecule has 112 valence electrons. The predicted molar refractivity (Wildman–Crippen MR) is 83.5 cm³/mol. The molecule has 0 aliphatic carbocycles. The summed E-state index contributed by atoms with van der Waals surface area (Å²) < 4.78 is 27.8. The Hall–Kier alpha value is -1.27. The van der Waals surface area contributed by atoms with Gasteiger partial charge in [-0.1, -0.05) is 0 Å². The van der Waals surface area contributed by atoms with Crippen molar-refractivity contribution < 1.29 is 13.7 Å². The largest absolute Gasteiger partial charge is 0.493 e. The van der Waals surface area contributed by atoms with E-state index in [2.05, 4.69) is 9.36 Å². The van der Waals surface area contributed by atoms with Crippen LogP contribution in [0.1, 0.15) is 20.8 Å². The van der Waals surface area contributed by atoms with Crippen LogP contribution < -0.4 is 9.47 Å². The second kappa shape index (κ2) is 6.01. The van der Waals surface area contributed by atoms with Crippen molar-refractivity contribution in [2.24, 2.45) is 9.36 Å². The number of methoxy groups -OCH3 is 2. The molecule has 1 atom stereocenters. The third kappa shape index (κ3) is 2.62. The average Bonchev–Trinajstić information content (AvgIpc) is 2.36. The molecule has 20 heavy (non-hydrogen) atoms. The number of rotatable bonds is 3. The highest BCUT2D eigenvalue weighted by atomic mass is 35.5. The standard InChI is InChI=1S/C13H18N2O3S.ClH/c1-8(2)19(16)13-7-12(18-5)11(17-4)6-10(13)14-9(3)15-19;/h6-8H,1-5H3;1H. The number of fused-ring (bicyclic) bond motifs is 1. The monoisotopic (exact) mass is 318 g/mol. The minimum Gasteiger partial charge on any atom is -0.493 e. The molecule has 0 bridgehead atoms. The Labute approximate surface area is 126 Å². The van der Waals surface area contributed by atoms with Crippen LogP contribution >= 0.6 is 12.4 Å². The third-order valence-electron chi connectivity index (χ3n) is 2.97. The van der Waals surface area contributed by atoms with Crippen LogP contribution in [0.3, 0.4) is 0 Å². The van der Waals surface area contributed by atoms with Crippen LogP contribution in [0.4, 0.5) is 5.69 Å². The fraction of sp³-hybridized carbons (Fsp3) is 0.462. The van der Waals surface area contributed by atoms with Gasteiger partial charge in [0.2, 0.25) is 0 Å². The summed E-state index contributed by atoms with van der Waals surface area (Å²) in [7, 11) is 0.601. The number of amidine groups is 1. The Bertz CT molecular complexity index is 662. The number of hydrogen-bond acceptors (Lipinski definition) is 5. The first-order valence-electron chi connectivity index (χ1n) is 5.99. The molecule has 0 radical (unpaired) electrons. The zero-order chi connectivity index (χ0) is 14.2. The summed E-state index contributed by atoms with van der Waals surface area (Å²) >= 11 is 0. The van der Waals surface area contributed by atoms with Gasteiger partial charge in [0.1, 0.15) is 5.84 Å². The highest BCUT2D eigenvalue weighted by Gasteiger charge is 2.27. The molecule has 0 saturated carbocycles. The van der Waals surface area contributed by atoms with Crippen LogP contribution in [0.5, 0.6) is 11.5 Å². The van der Waals surface area contributed by atoms with Crippen molar-refractivity contribution in [2.75, 3.05) is 14.2 Å². The van der Waals surface area contributed by atoms with Crippen LogP contribution in [-0.2, 0) is 9.73 Å². The van der Waals surface area contributed by atoms with Crippen molar-refractivity contribution in [3.63, 3.8) is 0 Å². The molecule has 1 aromatic carbocycles. The molecule has 0 fully saturated rings. The van der Waals surface area contributed by atoms with Gasteiger partial charge >= 0.3 is 0 Å². The summed E-state index contributed by atoms with van der Waals surface area (Å²) in [5, 5.41) is -0.102. The van der Waals surface area contributed by atoms with Gasteiger partial charge in [-0.3, -0.25) is 0 Å². The van der Waals surface area contributed by atoms with E-state index in [0.717, 1.165) is 0 Å². The Balaban J connectivity index is 0.00000200. The summed E-state index contributed by atoms with van der Waals surface area (Å²) in [5.74, 6) is 1.64. The molecular formula is C13H19ClN2O3S. The molecule has 2 rings (SSSR count). The van der Waals surface area contributed by atoms with E-state index in [1.807, 2.05) is 13.8 Å². The summed E-state index contributed by atoms with van der Waals surface area (Å²) in [6, 6.07) is 3.46. The lowest BCUT2D eigenvalue weighted by atomic mass is 10.2. The molecule has 1 heterocycles. The van der Waals surface area contributed by atoms with Crippen LogP contribution in [0, 0.1) is 0 Å². The van der Waals surface area contributed by atoms with E-state index in [4.69, 9.17) is 9.47 Å². The van der Waals surface area contributed by atoms with E-state index in [-0.39, 0.29) is 17.7 Å². The topological polar surface area (TPSA) is 60.2 Å². The van der Waals surface area contributed by atoms with Crippen molar-refractivity contribution in [3.8, 4) is 11.5 Å². The second-order valence-corrected chi connectivity index (χ2v) is 7.25. The minimum atomic E-state index is -2.51. The van der Waals surface area contributed by atoms with E-state index in [1.54, 1.807) is 33.3 Å². The normalized spacial score (nSPS) is 20.4. The number of hydrogen-bond donors (Lipinski definition) is 0. The minimum absolute atomic E-state index is 0. The lowest BCUT2D eigenvalue weighted by molar-refractivity contribution is 0.354. The summed E-state index contributed by atoms with van der Waals surface area (Å²) in [5.41, 5.74) is 0.642. The van der Waals surface area contributed by atoms with Gasteiger partial charge in [-0.15, -0.1) is 12.4 Å². The Morgan fingerprint density at radius 1 is 1.15 bits per heavy atom. The second-order valence-electron chi connectivity index (χ2n) is 4.54. The van der Waals surface area contributed by atoms with Crippen LogP contribution in [-0.4, -0.2) is 29.5 Å². The number of halogens is 1. The zero-order valence-corrected chi connectivity index (χ0v) is 13.8. The molecule has 7 heteroatoms. The first-order valence-corrected chi connectivity index (χ1v) is 7.57. The zero-order valence-electron chi connectivity index (χ0n) is 12.2. The van der Waals surface area contributed by atoms with E-state index >= 15 is 0 Å². The molecular weight excluding hydrogens is 300 g/mol. The fourth-order valence-electron chi connectivity index (χ4n) is 1.97. The van der Waals surface area contributed by atoms with Gasteiger partial charge in [-0.2, -0.15) is 4.36 Å². The van der Waals surface area contributed by atoms with Gasteiger partial charge in [0.25, 0.3) is 0 Å². The highest BCUT2D eigenvalue weighted by Crippen LogP contribution is 2.41. The van der Waals surface area contributed by atoms with E-state index in [1.165, 1.54) is 0 Å². The van der Waals surface area contributed by atoms with E-state index in [0.29, 0.717) is 27.9 Å². The van der Waals surface area contributed by atoms with Crippen molar-refractivity contribution >= 4 is 33.7 Å². The summed E-state index contributed by atoms with van der Waals surface area (Å²) in [6.07, 6.45) is 0. The van der Waals surface area contributed by atoms with Gasteiger partial charge in [0.05, 0.1) is 34.5 Å². The molecule has 0 spiro atoms. The summed E-state index contributed by atoms with van der Waals surface area (Å²) in [6.45, 7) is 5.54. The van der Waals surface area contributed by atoms with Crippen LogP contribution in [0.2, 0.25) is 0 Å². The molecule has 1 aliphatic rings. The Kier molecular flexibility index (Phi) is 5.05. The maximum Gasteiger partial charge on any atom is 0.162 e. The van der Waals surface area contributed by atoms with Crippen molar-refractivity contribution in [1.82, 2.24) is 0 Å². The first-order chi connectivity index (χ1) is 8.92. The van der Waals surface area contributed by atoms with Gasteiger partial charge in [-0.05, 0) is 20.8 Å². The van der Waals surface area contributed by atoms with Crippen LogP contribution in [0.25, 0.3) is 0 Å². The molecule has 0 amide bonds. The molecule has 0 N–H and O–H groups in total.